The third kappa shape index (κ3) is 3.55. The maximum Gasteiger partial charge on any atom is 0.261 e. The summed E-state index contributed by atoms with van der Waals surface area (Å²) in [6.45, 7) is 6.34. The van der Waals surface area contributed by atoms with Gasteiger partial charge in [0.25, 0.3) is 5.91 Å². The number of carbonyl (C=O) groups excluding carboxylic acids is 1. The van der Waals surface area contributed by atoms with Crippen LogP contribution >= 0.6 is 11.3 Å². The van der Waals surface area contributed by atoms with E-state index in [1.807, 2.05) is 19.9 Å². The van der Waals surface area contributed by atoms with E-state index in [1.165, 1.54) is 10.4 Å². The van der Waals surface area contributed by atoms with Crippen LogP contribution in [0.15, 0.2) is 6.07 Å². The van der Waals surface area contributed by atoms with Gasteiger partial charge in [0.1, 0.15) is 0 Å². The minimum Gasteiger partial charge on any atom is -0.349 e. The number of nitrogens with zero attached hydrogens (tertiary/aromatic N) is 2. The molecule has 102 valence electrons. The number of aryl methyl sites for hydroxylation is 2. The molecule has 19 heavy (non-hydrogen) atoms. The SMILES string of the molecule is Cc1cc(C(=O)NC2CCN(CC#N)CC2)sc1C. The fraction of sp³-hybridized carbons (Fsp3) is 0.571. The Labute approximate surface area is 118 Å². The van der Waals surface area contributed by atoms with E-state index in [2.05, 4.69) is 16.3 Å². The molecule has 2 heterocycles. The Morgan fingerprint density at radius 3 is 2.74 bits per heavy atom. The van der Waals surface area contributed by atoms with Crippen LogP contribution in [0.5, 0.6) is 0 Å². The third-order valence-electron chi connectivity index (χ3n) is 3.61. The molecule has 1 fully saturated rings. The van der Waals surface area contributed by atoms with Crippen LogP contribution in [0.1, 0.15) is 33.0 Å². The number of rotatable bonds is 3. The first-order chi connectivity index (χ1) is 9.10. The number of hydrogen-bond donors (Lipinski definition) is 1. The van der Waals surface area contributed by atoms with Crippen LogP contribution in [0.25, 0.3) is 0 Å². The van der Waals surface area contributed by atoms with E-state index >= 15 is 0 Å². The van der Waals surface area contributed by atoms with Crippen LogP contribution in [0, 0.1) is 25.2 Å². The van der Waals surface area contributed by atoms with E-state index in [1.54, 1.807) is 11.3 Å². The molecule has 0 unspecified atom stereocenters. The molecule has 1 aromatic heterocycles. The van der Waals surface area contributed by atoms with Gasteiger partial charge in [-0.15, -0.1) is 11.3 Å². The highest BCUT2D eigenvalue weighted by Crippen LogP contribution is 2.21. The Morgan fingerprint density at radius 2 is 2.21 bits per heavy atom. The van der Waals surface area contributed by atoms with Gasteiger partial charge in [0, 0.05) is 24.0 Å². The Morgan fingerprint density at radius 1 is 1.53 bits per heavy atom. The Kier molecular flexibility index (Phi) is 4.56. The normalized spacial score (nSPS) is 17.1. The lowest BCUT2D eigenvalue weighted by atomic mass is 10.1. The number of nitriles is 1. The maximum atomic E-state index is 12.1. The quantitative estimate of drug-likeness (QED) is 0.861. The van der Waals surface area contributed by atoms with Crippen LogP contribution in [-0.2, 0) is 0 Å². The molecule has 0 bridgehead atoms. The van der Waals surface area contributed by atoms with Crippen LogP contribution < -0.4 is 5.32 Å². The summed E-state index contributed by atoms with van der Waals surface area (Å²) in [4.78, 5) is 16.2. The van der Waals surface area contributed by atoms with E-state index in [-0.39, 0.29) is 11.9 Å². The highest BCUT2D eigenvalue weighted by Gasteiger charge is 2.21. The number of carbonyl (C=O) groups is 1. The summed E-state index contributed by atoms with van der Waals surface area (Å²) < 4.78 is 0. The molecule has 1 aliphatic rings. The zero-order valence-electron chi connectivity index (χ0n) is 11.4. The second-order valence-electron chi connectivity index (χ2n) is 5.03. The Balaban J connectivity index is 1.86. The summed E-state index contributed by atoms with van der Waals surface area (Å²) in [5.41, 5.74) is 1.18. The molecule has 0 radical (unpaired) electrons. The van der Waals surface area contributed by atoms with Crippen molar-refractivity contribution in [3.8, 4) is 6.07 Å². The van der Waals surface area contributed by atoms with Gasteiger partial charge < -0.3 is 5.32 Å². The van der Waals surface area contributed by atoms with Crippen molar-refractivity contribution in [3.63, 3.8) is 0 Å². The fourth-order valence-corrected chi connectivity index (χ4v) is 3.21. The predicted molar refractivity (Wildman–Crippen MR) is 76.3 cm³/mol. The zero-order valence-corrected chi connectivity index (χ0v) is 12.2. The molecular formula is C14H19N3OS. The number of likely N-dealkylation sites (tertiary alicyclic amines) is 1. The lowest BCUT2D eigenvalue weighted by Crippen LogP contribution is -2.44. The zero-order chi connectivity index (χ0) is 13.8. The summed E-state index contributed by atoms with van der Waals surface area (Å²) >= 11 is 1.55. The molecule has 0 aliphatic carbocycles. The van der Waals surface area contributed by atoms with Crippen molar-refractivity contribution in [3.05, 3.63) is 21.4 Å². The number of thiophene rings is 1. The van der Waals surface area contributed by atoms with Crippen LogP contribution in [0.2, 0.25) is 0 Å². The number of piperidine rings is 1. The summed E-state index contributed by atoms with van der Waals surface area (Å²) in [7, 11) is 0. The standard InChI is InChI=1S/C14H19N3OS/c1-10-9-13(19-11(10)2)14(18)16-12-3-6-17(7-4-12)8-5-15/h9,12H,3-4,6-8H2,1-2H3,(H,16,18). The average Bonchev–Trinajstić information content (AvgIpc) is 2.72. The van der Waals surface area contributed by atoms with Gasteiger partial charge in [-0.05, 0) is 38.3 Å². The van der Waals surface area contributed by atoms with Crippen molar-refractivity contribution >= 4 is 17.2 Å². The van der Waals surface area contributed by atoms with Crippen molar-refractivity contribution in [2.75, 3.05) is 19.6 Å². The Bertz CT molecular complexity index is 476. The molecule has 1 aliphatic heterocycles. The van der Waals surface area contributed by atoms with Crippen LogP contribution in [-0.4, -0.2) is 36.5 Å². The summed E-state index contributed by atoms with van der Waals surface area (Å²) in [5.74, 6) is 0.0416. The Hall–Kier alpha value is -1.38. The summed E-state index contributed by atoms with van der Waals surface area (Å²) in [6, 6.07) is 4.37. The average molecular weight is 277 g/mol. The molecular weight excluding hydrogens is 258 g/mol. The molecule has 2 rings (SSSR count). The van der Waals surface area contributed by atoms with Crippen LogP contribution in [0.3, 0.4) is 0 Å². The number of nitrogens with one attached hydrogen (secondary N) is 1. The third-order valence-corrected chi connectivity index (χ3v) is 4.76. The van der Waals surface area contributed by atoms with Crippen molar-refractivity contribution in [1.82, 2.24) is 10.2 Å². The van der Waals surface area contributed by atoms with Gasteiger partial charge in [-0.25, -0.2) is 0 Å². The van der Waals surface area contributed by atoms with E-state index in [9.17, 15) is 4.79 Å². The first-order valence-electron chi connectivity index (χ1n) is 6.57. The maximum absolute atomic E-state index is 12.1. The van der Waals surface area contributed by atoms with Gasteiger partial charge in [0.05, 0.1) is 17.5 Å². The summed E-state index contributed by atoms with van der Waals surface area (Å²) in [5, 5.41) is 11.7. The minimum atomic E-state index is 0.0416. The number of hydrogen-bond acceptors (Lipinski definition) is 4. The first kappa shape index (κ1) is 14.0. The fourth-order valence-electron chi connectivity index (χ4n) is 2.28. The highest BCUT2D eigenvalue weighted by atomic mass is 32.1. The van der Waals surface area contributed by atoms with E-state index in [0.29, 0.717) is 6.54 Å². The molecule has 0 atom stereocenters. The van der Waals surface area contributed by atoms with E-state index in [0.717, 1.165) is 30.8 Å². The van der Waals surface area contributed by atoms with Crippen molar-refractivity contribution in [2.45, 2.75) is 32.7 Å². The van der Waals surface area contributed by atoms with Crippen molar-refractivity contribution in [1.29, 1.82) is 5.26 Å². The van der Waals surface area contributed by atoms with E-state index in [4.69, 9.17) is 5.26 Å². The number of amides is 1. The van der Waals surface area contributed by atoms with Crippen LogP contribution in [0.4, 0.5) is 0 Å². The highest BCUT2D eigenvalue weighted by molar-refractivity contribution is 7.14. The molecule has 0 saturated carbocycles. The monoisotopic (exact) mass is 277 g/mol. The van der Waals surface area contributed by atoms with Gasteiger partial charge in [0.15, 0.2) is 0 Å². The molecule has 1 amide bonds. The molecule has 5 heteroatoms. The molecule has 0 spiro atoms. The predicted octanol–water partition coefficient (Wildman–Crippen LogP) is 2.08. The molecule has 4 nitrogen and oxygen atoms in total. The first-order valence-corrected chi connectivity index (χ1v) is 7.39. The van der Waals surface area contributed by atoms with E-state index < -0.39 is 0 Å². The molecule has 1 N–H and O–H groups in total. The minimum absolute atomic E-state index is 0.0416. The summed E-state index contributed by atoms with van der Waals surface area (Å²) in [6.07, 6.45) is 1.85. The van der Waals surface area contributed by atoms with Gasteiger partial charge in [-0.3, -0.25) is 9.69 Å². The largest absolute Gasteiger partial charge is 0.349 e. The second-order valence-corrected chi connectivity index (χ2v) is 6.29. The smallest absolute Gasteiger partial charge is 0.261 e. The van der Waals surface area contributed by atoms with Gasteiger partial charge >= 0.3 is 0 Å². The molecule has 0 aromatic carbocycles. The lowest BCUT2D eigenvalue weighted by molar-refractivity contribution is 0.0918. The molecule has 1 saturated heterocycles. The van der Waals surface area contributed by atoms with Gasteiger partial charge in [-0.2, -0.15) is 5.26 Å². The second kappa shape index (κ2) is 6.18. The van der Waals surface area contributed by atoms with Crippen molar-refractivity contribution < 1.29 is 4.79 Å². The molecule has 1 aromatic rings. The van der Waals surface area contributed by atoms with Crippen molar-refractivity contribution in [2.24, 2.45) is 0 Å². The van der Waals surface area contributed by atoms with Gasteiger partial charge in [0.2, 0.25) is 0 Å². The van der Waals surface area contributed by atoms with Gasteiger partial charge in [-0.1, -0.05) is 0 Å². The lowest BCUT2D eigenvalue weighted by Gasteiger charge is -2.30. The topological polar surface area (TPSA) is 56.1 Å².